The molecule has 2 N–H and O–H groups in total. The van der Waals surface area contributed by atoms with Crippen LogP contribution in [0.2, 0.25) is 0 Å². The minimum atomic E-state index is -0.215. The smallest absolute Gasteiger partial charge is 0.272 e. The number of aromatic amines is 1. The largest absolute Gasteiger partial charge is 0.345 e. The molecule has 0 spiro atoms. The molecule has 1 saturated carbocycles. The topological polar surface area (TPSA) is 95.9 Å². The van der Waals surface area contributed by atoms with E-state index in [4.69, 9.17) is 0 Å². The number of hydrogen-bond acceptors (Lipinski definition) is 4. The van der Waals surface area contributed by atoms with E-state index in [0.717, 1.165) is 49.4 Å². The van der Waals surface area contributed by atoms with Crippen molar-refractivity contribution in [2.75, 3.05) is 6.54 Å². The van der Waals surface area contributed by atoms with E-state index in [2.05, 4.69) is 20.6 Å². The predicted molar refractivity (Wildman–Crippen MR) is 103 cm³/mol. The lowest BCUT2D eigenvalue weighted by atomic mass is 9.84. The van der Waals surface area contributed by atoms with Crippen LogP contribution in [0.15, 0.2) is 12.1 Å². The number of carbonyl (C=O) groups is 2. The van der Waals surface area contributed by atoms with Crippen molar-refractivity contribution in [3.05, 3.63) is 34.9 Å². The number of hydrogen-bond donors (Lipinski definition) is 2. The summed E-state index contributed by atoms with van der Waals surface area (Å²) < 4.78 is 1.97. The van der Waals surface area contributed by atoms with Gasteiger partial charge in [-0.2, -0.15) is 10.2 Å². The zero-order chi connectivity index (χ0) is 19.7. The van der Waals surface area contributed by atoms with E-state index in [1.54, 1.807) is 6.07 Å². The number of fused-ring (bicyclic) bond motifs is 1. The minimum Gasteiger partial charge on any atom is -0.345 e. The van der Waals surface area contributed by atoms with Gasteiger partial charge in [0.25, 0.3) is 5.91 Å². The fraction of sp³-hybridized carbons (Fsp3) is 0.600. The first-order valence-corrected chi connectivity index (χ1v) is 10.2. The molecule has 0 bridgehead atoms. The van der Waals surface area contributed by atoms with Crippen LogP contribution in [0, 0.1) is 5.92 Å². The van der Waals surface area contributed by atoms with E-state index < -0.39 is 0 Å². The molecular formula is C20H28N6O2. The van der Waals surface area contributed by atoms with Crippen molar-refractivity contribution in [3.63, 3.8) is 0 Å². The number of amides is 2. The molecule has 1 aliphatic carbocycles. The molecule has 2 aromatic rings. The second kappa shape index (κ2) is 7.77. The molecule has 3 heterocycles. The Kier molecular flexibility index (Phi) is 5.19. The lowest BCUT2D eigenvalue weighted by Gasteiger charge is -2.30. The predicted octanol–water partition coefficient (Wildman–Crippen LogP) is 2.19. The van der Waals surface area contributed by atoms with Crippen LogP contribution >= 0.6 is 0 Å². The highest BCUT2D eigenvalue weighted by atomic mass is 16.2. The summed E-state index contributed by atoms with van der Waals surface area (Å²) in [5.41, 5.74) is 3.18. The Morgan fingerprint density at radius 2 is 2.07 bits per heavy atom. The van der Waals surface area contributed by atoms with Crippen LogP contribution in [0.5, 0.6) is 0 Å². The lowest BCUT2D eigenvalue weighted by molar-refractivity contribution is -0.138. The van der Waals surface area contributed by atoms with Gasteiger partial charge in [-0.3, -0.25) is 19.4 Å². The fourth-order valence-corrected chi connectivity index (χ4v) is 3.72. The van der Waals surface area contributed by atoms with Gasteiger partial charge in [-0.25, -0.2) is 0 Å². The van der Waals surface area contributed by atoms with Crippen LogP contribution in [0.4, 0.5) is 0 Å². The Labute approximate surface area is 164 Å². The van der Waals surface area contributed by atoms with Crippen molar-refractivity contribution in [3.8, 4) is 0 Å². The van der Waals surface area contributed by atoms with Crippen molar-refractivity contribution >= 4 is 11.8 Å². The van der Waals surface area contributed by atoms with Crippen molar-refractivity contribution in [2.24, 2.45) is 5.92 Å². The van der Waals surface area contributed by atoms with Crippen LogP contribution < -0.4 is 5.32 Å². The van der Waals surface area contributed by atoms with E-state index in [1.165, 1.54) is 6.42 Å². The van der Waals surface area contributed by atoms with Crippen LogP contribution in [0.1, 0.15) is 73.0 Å². The molecule has 2 amide bonds. The molecule has 1 aliphatic heterocycles. The summed E-state index contributed by atoms with van der Waals surface area (Å²) in [6.07, 6.45) is 4.13. The van der Waals surface area contributed by atoms with Gasteiger partial charge < -0.3 is 10.2 Å². The third-order valence-corrected chi connectivity index (χ3v) is 5.71. The molecule has 150 valence electrons. The van der Waals surface area contributed by atoms with E-state index in [0.29, 0.717) is 24.7 Å². The quantitative estimate of drug-likeness (QED) is 0.826. The average Bonchev–Trinajstić information content (AvgIpc) is 3.21. The lowest BCUT2D eigenvalue weighted by Crippen LogP contribution is -2.38. The summed E-state index contributed by atoms with van der Waals surface area (Å²) in [5, 5.41) is 14.5. The summed E-state index contributed by atoms with van der Waals surface area (Å²) in [5.74, 6) is 0.588. The number of nitrogens with zero attached hydrogens (tertiary/aromatic N) is 4. The number of nitrogens with one attached hydrogen (secondary N) is 2. The molecular weight excluding hydrogens is 356 g/mol. The maximum Gasteiger partial charge on any atom is 0.272 e. The first kappa shape index (κ1) is 18.7. The molecule has 4 rings (SSSR count). The molecule has 8 nitrogen and oxygen atoms in total. The van der Waals surface area contributed by atoms with Gasteiger partial charge in [-0.15, -0.1) is 0 Å². The Balaban J connectivity index is 1.37. The Morgan fingerprint density at radius 1 is 1.25 bits per heavy atom. The van der Waals surface area contributed by atoms with Crippen molar-refractivity contribution in [1.29, 1.82) is 0 Å². The van der Waals surface area contributed by atoms with E-state index in [-0.39, 0.29) is 17.7 Å². The van der Waals surface area contributed by atoms with Crippen LogP contribution in [-0.2, 0) is 24.4 Å². The second-order valence-corrected chi connectivity index (χ2v) is 8.14. The van der Waals surface area contributed by atoms with Crippen molar-refractivity contribution < 1.29 is 9.59 Å². The van der Waals surface area contributed by atoms with Crippen LogP contribution in [-0.4, -0.2) is 43.2 Å². The molecule has 0 aromatic carbocycles. The Hall–Kier alpha value is -2.64. The zero-order valence-corrected chi connectivity index (χ0v) is 16.6. The van der Waals surface area contributed by atoms with Crippen molar-refractivity contribution in [2.45, 2.75) is 65.1 Å². The summed E-state index contributed by atoms with van der Waals surface area (Å²) in [4.78, 5) is 26.9. The number of aryl methyl sites for hydroxylation is 1. The molecule has 28 heavy (non-hydrogen) atoms. The number of aromatic nitrogens is 4. The molecule has 8 heteroatoms. The summed E-state index contributed by atoms with van der Waals surface area (Å²) in [6.45, 7) is 6.64. The molecule has 0 unspecified atom stereocenters. The van der Waals surface area contributed by atoms with Gasteiger partial charge in [-0.1, -0.05) is 20.3 Å². The average molecular weight is 384 g/mol. The SMILES string of the molecule is CC(C)c1cc(C(=O)NCc2cc3n(n2)CCCN(C(=O)C2CCC2)C3)n[nH]1. The van der Waals surface area contributed by atoms with Gasteiger partial charge >= 0.3 is 0 Å². The third kappa shape index (κ3) is 3.81. The Bertz CT molecular complexity index is 864. The monoisotopic (exact) mass is 384 g/mol. The zero-order valence-electron chi connectivity index (χ0n) is 16.6. The molecule has 0 atom stereocenters. The maximum absolute atomic E-state index is 12.6. The van der Waals surface area contributed by atoms with E-state index >= 15 is 0 Å². The first-order chi connectivity index (χ1) is 13.5. The number of rotatable bonds is 5. The first-order valence-electron chi connectivity index (χ1n) is 10.2. The van der Waals surface area contributed by atoms with E-state index in [9.17, 15) is 9.59 Å². The van der Waals surface area contributed by atoms with E-state index in [1.807, 2.05) is 29.5 Å². The normalized spacial score (nSPS) is 17.2. The Morgan fingerprint density at radius 3 is 2.75 bits per heavy atom. The summed E-state index contributed by atoms with van der Waals surface area (Å²) >= 11 is 0. The number of H-pyrrole nitrogens is 1. The molecule has 0 saturated heterocycles. The van der Waals surface area contributed by atoms with Gasteiger partial charge in [-0.05, 0) is 37.3 Å². The van der Waals surface area contributed by atoms with Gasteiger partial charge in [0.1, 0.15) is 5.69 Å². The highest BCUT2D eigenvalue weighted by Gasteiger charge is 2.30. The van der Waals surface area contributed by atoms with Gasteiger partial charge in [0, 0.05) is 24.7 Å². The van der Waals surface area contributed by atoms with Crippen LogP contribution in [0.25, 0.3) is 0 Å². The molecule has 1 fully saturated rings. The standard InChI is InChI=1S/C20H28N6O2/c1-13(2)17-10-18(23-22-17)19(27)21-11-15-9-16-12-25(7-4-8-26(16)24-15)20(28)14-5-3-6-14/h9-10,13-14H,3-8,11-12H2,1-2H3,(H,21,27)(H,22,23). The molecule has 2 aliphatic rings. The minimum absolute atomic E-state index is 0.215. The summed E-state index contributed by atoms with van der Waals surface area (Å²) in [7, 11) is 0. The van der Waals surface area contributed by atoms with Gasteiger partial charge in [0.2, 0.25) is 5.91 Å². The number of carbonyl (C=O) groups excluding carboxylic acids is 2. The maximum atomic E-state index is 12.6. The van der Waals surface area contributed by atoms with Gasteiger partial charge in [0.15, 0.2) is 0 Å². The van der Waals surface area contributed by atoms with Gasteiger partial charge in [0.05, 0.1) is 24.5 Å². The molecule has 2 aromatic heterocycles. The second-order valence-electron chi connectivity index (χ2n) is 8.14. The van der Waals surface area contributed by atoms with Crippen LogP contribution in [0.3, 0.4) is 0 Å². The third-order valence-electron chi connectivity index (χ3n) is 5.71. The highest BCUT2D eigenvalue weighted by molar-refractivity contribution is 5.92. The fourth-order valence-electron chi connectivity index (χ4n) is 3.72. The van der Waals surface area contributed by atoms with Crippen molar-refractivity contribution in [1.82, 2.24) is 30.2 Å². The summed E-state index contributed by atoms with van der Waals surface area (Å²) in [6, 6.07) is 3.78. The highest BCUT2D eigenvalue weighted by Crippen LogP contribution is 2.29. The molecule has 0 radical (unpaired) electrons.